The molecule has 1 atom stereocenters. The van der Waals surface area contributed by atoms with E-state index in [4.69, 9.17) is 0 Å². The summed E-state index contributed by atoms with van der Waals surface area (Å²) in [6.07, 6.45) is 17.5. The second-order valence-corrected chi connectivity index (χ2v) is 7.33. The maximum atomic E-state index is 3.95. The second kappa shape index (κ2) is 9.25. The number of hydrogen-bond donors (Lipinski definition) is 1. The summed E-state index contributed by atoms with van der Waals surface area (Å²) in [4.78, 5) is 0. The summed E-state index contributed by atoms with van der Waals surface area (Å²) in [5, 5.41) is 3.95. The van der Waals surface area contributed by atoms with Gasteiger partial charge in [0.05, 0.1) is 0 Å². The fourth-order valence-corrected chi connectivity index (χ4v) is 4.49. The van der Waals surface area contributed by atoms with Gasteiger partial charge in [-0.25, -0.2) is 0 Å². The van der Waals surface area contributed by atoms with Gasteiger partial charge in [0.25, 0.3) is 0 Å². The minimum Gasteiger partial charge on any atom is -0.310 e. The molecule has 1 saturated heterocycles. The van der Waals surface area contributed by atoms with Crippen LogP contribution in [0.2, 0.25) is 0 Å². The molecule has 0 spiro atoms. The van der Waals surface area contributed by atoms with Gasteiger partial charge in [0, 0.05) is 17.8 Å². The molecule has 1 aliphatic heterocycles. The van der Waals surface area contributed by atoms with Gasteiger partial charge in [-0.2, -0.15) is 11.8 Å². The topological polar surface area (TPSA) is 12.0 Å². The summed E-state index contributed by atoms with van der Waals surface area (Å²) in [7, 11) is 0. The van der Waals surface area contributed by atoms with Gasteiger partial charge >= 0.3 is 0 Å². The fourth-order valence-electron chi connectivity index (χ4n) is 3.33. The lowest BCUT2D eigenvalue weighted by Crippen LogP contribution is -2.38. The van der Waals surface area contributed by atoms with E-state index < -0.39 is 0 Å². The van der Waals surface area contributed by atoms with E-state index in [1.54, 1.807) is 0 Å². The molecular formula is C16H31NS. The third-order valence-electron chi connectivity index (χ3n) is 4.51. The normalized spacial score (nSPS) is 29.7. The molecule has 0 aromatic rings. The Morgan fingerprint density at radius 2 is 1.17 bits per heavy atom. The third-order valence-corrected chi connectivity index (χ3v) is 5.67. The van der Waals surface area contributed by atoms with E-state index in [0.717, 1.165) is 12.1 Å². The van der Waals surface area contributed by atoms with Gasteiger partial charge in [0.1, 0.15) is 0 Å². The van der Waals surface area contributed by atoms with Crippen LogP contribution in [-0.4, -0.2) is 23.6 Å². The van der Waals surface area contributed by atoms with Crippen LogP contribution >= 0.6 is 11.8 Å². The van der Waals surface area contributed by atoms with Gasteiger partial charge in [0.15, 0.2) is 0 Å². The zero-order chi connectivity index (χ0) is 12.5. The number of rotatable bonds is 2. The summed E-state index contributed by atoms with van der Waals surface area (Å²) in [5.41, 5.74) is 0. The van der Waals surface area contributed by atoms with E-state index in [0.29, 0.717) is 0 Å². The molecule has 1 N–H and O–H groups in total. The third kappa shape index (κ3) is 5.97. The van der Waals surface area contributed by atoms with Crippen molar-refractivity contribution >= 4 is 11.8 Å². The van der Waals surface area contributed by atoms with Gasteiger partial charge in [-0.15, -0.1) is 0 Å². The number of hydrogen-bond acceptors (Lipinski definition) is 2. The van der Waals surface area contributed by atoms with Crippen molar-refractivity contribution in [3.63, 3.8) is 0 Å². The molecule has 1 unspecified atom stereocenters. The largest absolute Gasteiger partial charge is 0.310 e. The first kappa shape index (κ1) is 14.7. The Labute approximate surface area is 118 Å². The van der Waals surface area contributed by atoms with Crippen molar-refractivity contribution in [3.05, 3.63) is 0 Å². The molecule has 1 heterocycles. The molecule has 0 bridgehead atoms. The molecule has 0 aromatic carbocycles. The molecule has 1 saturated carbocycles. The number of thioether (sulfide) groups is 1. The fraction of sp³-hybridized carbons (Fsp3) is 1.00. The molecule has 1 nitrogen and oxygen atoms in total. The van der Waals surface area contributed by atoms with E-state index >= 15 is 0 Å². The Bertz CT molecular complexity index is 189. The van der Waals surface area contributed by atoms with Crippen molar-refractivity contribution in [1.29, 1.82) is 0 Å². The Kier molecular flexibility index (Phi) is 7.56. The molecule has 1 aliphatic carbocycles. The lowest BCUT2D eigenvalue weighted by atomic mass is 9.97. The average molecular weight is 269 g/mol. The Morgan fingerprint density at radius 1 is 0.611 bits per heavy atom. The lowest BCUT2D eigenvalue weighted by molar-refractivity contribution is 0.373. The van der Waals surface area contributed by atoms with Crippen LogP contribution in [0.4, 0.5) is 0 Å². The van der Waals surface area contributed by atoms with Crippen LogP contribution in [0.15, 0.2) is 0 Å². The van der Waals surface area contributed by atoms with E-state index in [9.17, 15) is 0 Å². The van der Waals surface area contributed by atoms with Crippen LogP contribution in [0.25, 0.3) is 0 Å². The van der Waals surface area contributed by atoms with Gasteiger partial charge in [-0.05, 0) is 25.0 Å². The van der Waals surface area contributed by atoms with E-state index in [1.807, 2.05) is 0 Å². The smallest absolute Gasteiger partial charge is 0.0168 e. The van der Waals surface area contributed by atoms with Gasteiger partial charge in [-0.1, -0.05) is 57.8 Å². The first-order chi connectivity index (χ1) is 8.95. The predicted octanol–water partition coefficient (Wildman–Crippen LogP) is 4.75. The van der Waals surface area contributed by atoms with Crippen LogP contribution in [-0.2, 0) is 0 Å². The lowest BCUT2D eigenvalue weighted by Gasteiger charge is -2.23. The van der Waals surface area contributed by atoms with Crippen molar-refractivity contribution in [3.8, 4) is 0 Å². The molecule has 2 fully saturated rings. The Balaban J connectivity index is 1.70. The summed E-state index contributed by atoms with van der Waals surface area (Å²) in [6, 6.07) is 1.65. The first-order valence-electron chi connectivity index (χ1n) is 8.29. The van der Waals surface area contributed by atoms with Crippen molar-refractivity contribution < 1.29 is 0 Å². The van der Waals surface area contributed by atoms with E-state index in [1.165, 1.54) is 88.6 Å². The highest BCUT2D eigenvalue weighted by Gasteiger charge is 2.19. The zero-order valence-corrected chi connectivity index (χ0v) is 12.8. The Hall–Kier alpha value is 0.310. The SMILES string of the molecule is C1CCCCCC(NC2CCSC2)CCCCC1. The highest BCUT2D eigenvalue weighted by Crippen LogP contribution is 2.21. The van der Waals surface area contributed by atoms with Crippen LogP contribution in [0, 0.1) is 0 Å². The quantitative estimate of drug-likeness (QED) is 0.776. The van der Waals surface area contributed by atoms with Gasteiger partial charge in [-0.3, -0.25) is 0 Å². The van der Waals surface area contributed by atoms with E-state index in [-0.39, 0.29) is 0 Å². The molecule has 2 rings (SSSR count). The maximum absolute atomic E-state index is 3.95. The number of nitrogens with one attached hydrogen (secondary N) is 1. The van der Waals surface area contributed by atoms with E-state index in [2.05, 4.69) is 17.1 Å². The summed E-state index contributed by atoms with van der Waals surface area (Å²) >= 11 is 2.13. The van der Waals surface area contributed by atoms with Gasteiger partial charge in [0.2, 0.25) is 0 Å². The van der Waals surface area contributed by atoms with Crippen LogP contribution in [0.3, 0.4) is 0 Å². The minimum absolute atomic E-state index is 0.827. The van der Waals surface area contributed by atoms with Crippen LogP contribution in [0.1, 0.15) is 77.0 Å². The highest BCUT2D eigenvalue weighted by atomic mass is 32.2. The molecule has 18 heavy (non-hydrogen) atoms. The monoisotopic (exact) mass is 269 g/mol. The van der Waals surface area contributed by atoms with Crippen molar-refractivity contribution in [2.75, 3.05) is 11.5 Å². The summed E-state index contributed by atoms with van der Waals surface area (Å²) < 4.78 is 0. The first-order valence-corrected chi connectivity index (χ1v) is 9.44. The standard InChI is InChI=1S/C16H31NS/c1-2-4-6-8-10-15(11-9-7-5-3-1)17-16-12-13-18-14-16/h15-17H,1-14H2. The van der Waals surface area contributed by atoms with Crippen molar-refractivity contribution in [2.24, 2.45) is 0 Å². The summed E-state index contributed by atoms with van der Waals surface area (Å²) in [6.45, 7) is 0. The summed E-state index contributed by atoms with van der Waals surface area (Å²) in [5.74, 6) is 2.74. The van der Waals surface area contributed by atoms with Crippen molar-refractivity contribution in [1.82, 2.24) is 5.32 Å². The predicted molar refractivity (Wildman–Crippen MR) is 83.4 cm³/mol. The Morgan fingerprint density at radius 3 is 1.67 bits per heavy atom. The van der Waals surface area contributed by atoms with Crippen molar-refractivity contribution in [2.45, 2.75) is 89.1 Å². The van der Waals surface area contributed by atoms with Crippen LogP contribution < -0.4 is 5.32 Å². The van der Waals surface area contributed by atoms with Crippen LogP contribution in [0.5, 0.6) is 0 Å². The molecule has 2 aliphatic rings. The highest BCUT2D eigenvalue weighted by molar-refractivity contribution is 7.99. The minimum atomic E-state index is 0.827. The van der Waals surface area contributed by atoms with Gasteiger partial charge < -0.3 is 5.32 Å². The maximum Gasteiger partial charge on any atom is 0.0168 e. The molecule has 0 aromatic heterocycles. The molecule has 0 amide bonds. The molecule has 106 valence electrons. The molecular weight excluding hydrogens is 238 g/mol. The molecule has 2 heteroatoms. The zero-order valence-electron chi connectivity index (χ0n) is 12.0. The second-order valence-electron chi connectivity index (χ2n) is 6.18. The average Bonchev–Trinajstić information content (AvgIpc) is 2.85. The molecule has 0 radical (unpaired) electrons.